The molecule has 5 rings (SSSR count). The van der Waals surface area contributed by atoms with Crippen LogP contribution < -0.4 is 10.1 Å². The third kappa shape index (κ3) is 2.45. The van der Waals surface area contributed by atoms with Gasteiger partial charge in [0.1, 0.15) is 5.75 Å². The summed E-state index contributed by atoms with van der Waals surface area (Å²) in [6.07, 6.45) is 6.54. The van der Waals surface area contributed by atoms with Gasteiger partial charge in [0.05, 0.1) is 7.11 Å². The van der Waals surface area contributed by atoms with Crippen molar-refractivity contribution in [3.63, 3.8) is 0 Å². The first-order chi connectivity index (χ1) is 11.1. The molecule has 1 aromatic rings. The van der Waals surface area contributed by atoms with E-state index in [2.05, 4.69) is 5.32 Å². The maximum Gasteiger partial charge on any atom is 0.228 e. The van der Waals surface area contributed by atoms with Gasteiger partial charge in [-0.15, -0.1) is 0 Å². The molecule has 3 nitrogen and oxygen atoms in total. The van der Waals surface area contributed by atoms with Crippen LogP contribution in [0.1, 0.15) is 43.2 Å². The average Bonchev–Trinajstić information content (AvgIpc) is 2.49. The molecule has 4 aliphatic carbocycles. The smallest absolute Gasteiger partial charge is 0.228 e. The second-order valence-corrected chi connectivity index (χ2v) is 8.03. The first-order valence-electron chi connectivity index (χ1n) is 9.02. The minimum Gasteiger partial charge on any atom is -0.496 e. The summed E-state index contributed by atoms with van der Waals surface area (Å²) in [5, 5.41) is 3.22. The average molecular weight is 313 g/mol. The van der Waals surface area contributed by atoms with Gasteiger partial charge >= 0.3 is 0 Å². The number of ether oxygens (including phenoxy) is 1. The zero-order valence-electron chi connectivity index (χ0n) is 14.4. The summed E-state index contributed by atoms with van der Waals surface area (Å²) >= 11 is 0. The minimum atomic E-state index is 0.231. The third-order valence-corrected chi connectivity index (χ3v) is 6.59. The van der Waals surface area contributed by atoms with Gasteiger partial charge in [-0.25, -0.2) is 0 Å². The van der Waals surface area contributed by atoms with Crippen molar-refractivity contribution in [2.45, 2.75) is 46.0 Å². The molecule has 0 heterocycles. The molecule has 4 saturated carbocycles. The molecule has 0 unspecified atom stereocenters. The number of hydrogen-bond donors (Lipinski definition) is 1. The molecular weight excluding hydrogens is 286 g/mol. The molecule has 124 valence electrons. The Balaban J connectivity index is 1.55. The van der Waals surface area contributed by atoms with Gasteiger partial charge < -0.3 is 10.1 Å². The van der Waals surface area contributed by atoms with Gasteiger partial charge in [0.25, 0.3) is 0 Å². The highest BCUT2D eigenvalue weighted by Crippen LogP contribution is 2.56. The normalized spacial score (nSPS) is 34.5. The molecule has 0 saturated heterocycles. The molecule has 1 amide bonds. The molecule has 4 aliphatic rings. The monoisotopic (exact) mass is 313 g/mol. The Morgan fingerprint density at radius 3 is 2.22 bits per heavy atom. The summed E-state index contributed by atoms with van der Waals surface area (Å²) < 4.78 is 5.49. The van der Waals surface area contributed by atoms with Crippen molar-refractivity contribution in [2.75, 3.05) is 12.4 Å². The fourth-order valence-electron chi connectivity index (χ4n) is 5.85. The van der Waals surface area contributed by atoms with Crippen molar-refractivity contribution in [3.05, 3.63) is 23.3 Å². The lowest BCUT2D eigenvalue weighted by Crippen LogP contribution is -2.49. The van der Waals surface area contributed by atoms with Crippen molar-refractivity contribution in [1.29, 1.82) is 0 Å². The summed E-state index contributed by atoms with van der Waals surface area (Å²) in [5.74, 6) is 4.42. The number of aryl methyl sites for hydroxylation is 1. The number of carbonyl (C=O) groups excluding carboxylic acids is 1. The van der Waals surface area contributed by atoms with Gasteiger partial charge in [-0.2, -0.15) is 0 Å². The number of carbonyl (C=O) groups is 1. The predicted octanol–water partition coefficient (Wildman–Crippen LogP) is 4.32. The lowest BCUT2D eigenvalue weighted by Gasteiger charge is -2.53. The van der Waals surface area contributed by atoms with Crippen molar-refractivity contribution < 1.29 is 9.53 Å². The zero-order chi connectivity index (χ0) is 16.1. The topological polar surface area (TPSA) is 38.3 Å². The van der Waals surface area contributed by atoms with E-state index in [-0.39, 0.29) is 11.8 Å². The van der Waals surface area contributed by atoms with Gasteiger partial charge in [0.2, 0.25) is 5.91 Å². The quantitative estimate of drug-likeness (QED) is 0.902. The van der Waals surface area contributed by atoms with Crippen LogP contribution in [0.5, 0.6) is 5.75 Å². The predicted molar refractivity (Wildman–Crippen MR) is 91.6 cm³/mol. The van der Waals surface area contributed by atoms with E-state index in [1.165, 1.54) is 32.1 Å². The van der Waals surface area contributed by atoms with Crippen LogP contribution in [-0.2, 0) is 4.79 Å². The van der Waals surface area contributed by atoms with Gasteiger partial charge in [-0.1, -0.05) is 6.07 Å². The van der Waals surface area contributed by atoms with Crippen molar-refractivity contribution in [2.24, 2.45) is 29.6 Å². The highest BCUT2D eigenvalue weighted by molar-refractivity contribution is 5.94. The maximum absolute atomic E-state index is 13.0. The molecule has 4 bridgehead atoms. The number of rotatable bonds is 3. The van der Waals surface area contributed by atoms with E-state index in [1.54, 1.807) is 7.11 Å². The minimum absolute atomic E-state index is 0.231. The highest BCUT2D eigenvalue weighted by Gasteiger charge is 2.50. The summed E-state index contributed by atoms with van der Waals surface area (Å²) in [6.45, 7) is 4.06. The largest absolute Gasteiger partial charge is 0.496 e. The van der Waals surface area contributed by atoms with Crippen LogP contribution in [-0.4, -0.2) is 13.0 Å². The van der Waals surface area contributed by atoms with E-state index < -0.39 is 0 Å². The van der Waals surface area contributed by atoms with Crippen molar-refractivity contribution in [3.8, 4) is 5.75 Å². The Morgan fingerprint density at radius 1 is 1.04 bits per heavy atom. The number of methoxy groups -OCH3 is 1. The molecule has 1 N–H and O–H groups in total. The van der Waals surface area contributed by atoms with Crippen LogP contribution in [0.25, 0.3) is 0 Å². The summed E-state index contributed by atoms with van der Waals surface area (Å²) in [7, 11) is 1.69. The Kier molecular flexibility index (Phi) is 3.62. The van der Waals surface area contributed by atoms with Crippen molar-refractivity contribution in [1.82, 2.24) is 0 Å². The van der Waals surface area contributed by atoms with Crippen LogP contribution >= 0.6 is 0 Å². The molecule has 0 spiro atoms. The SMILES string of the molecule is COc1c(C)ccc(NC(=O)C2C3CC4CC(C3)CC2C4)c1C. The maximum atomic E-state index is 13.0. The number of benzene rings is 1. The van der Waals surface area contributed by atoms with E-state index >= 15 is 0 Å². The van der Waals surface area contributed by atoms with Gasteiger partial charge in [-0.05, 0) is 81.3 Å². The number of anilines is 1. The van der Waals surface area contributed by atoms with E-state index in [0.29, 0.717) is 11.8 Å². The lowest BCUT2D eigenvalue weighted by molar-refractivity contribution is -0.132. The lowest BCUT2D eigenvalue weighted by atomic mass is 9.51. The zero-order valence-corrected chi connectivity index (χ0v) is 14.4. The Bertz CT molecular complexity index is 609. The van der Waals surface area contributed by atoms with E-state index in [9.17, 15) is 4.79 Å². The fourth-order valence-corrected chi connectivity index (χ4v) is 5.85. The van der Waals surface area contributed by atoms with Crippen LogP contribution in [0.15, 0.2) is 12.1 Å². The Morgan fingerprint density at radius 2 is 1.65 bits per heavy atom. The molecule has 1 aromatic carbocycles. The van der Waals surface area contributed by atoms with E-state index in [4.69, 9.17) is 4.74 Å². The van der Waals surface area contributed by atoms with Gasteiger partial charge in [-0.3, -0.25) is 4.79 Å². The fraction of sp³-hybridized carbons (Fsp3) is 0.650. The standard InChI is InChI=1S/C20H27NO2/c1-11-4-5-17(12(2)19(11)23-3)21-20(22)18-15-7-13-6-14(9-15)10-16(18)8-13/h4-5,13-16,18H,6-10H2,1-3H3,(H,21,22). The molecular formula is C20H27NO2. The third-order valence-electron chi connectivity index (χ3n) is 6.59. The Hall–Kier alpha value is -1.51. The number of amides is 1. The molecule has 0 atom stereocenters. The van der Waals surface area contributed by atoms with Gasteiger partial charge in [0, 0.05) is 17.2 Å². The summed E-state index contributed by atoms with van der Waals surface area (Å²) in [5.41, 5.74) is 3.05. The van der Waals surface area contributed by atoms with Gasteiger partial charge in [0.15, 0.2) is 0 Å². The van der Waals surface area contributed by atoms with Crippen LogP contribution in [0.3, 0.4) is 0 Å². The van der Waals surface area contributed by atoms with Crippen LogP contribution in [0.4, 0.5) is 5.69 Å². The van der Waals surface area contributed by atoms with E-state index in [1.807, 2.05) is 26.0 Å². The molecule has 23 heavy (non-hydrogen) atoms. The molecule has 0 radical (unpaired) electrons. The summed E-state index contributed by atoms with van der Waals surface area (Å²) in [4.78, 5) is 13.0. The Labute approximate surface area is 138 Å². The second-order valence-electron chi connectivity index (χ2n) is 8.03. The molecule has 0 aromatic heterocycles. The van der Waals surface area contributed by atoms with Crippen LogP contribution in [0, 0.1) is 43.4 Å². The molecule has 4 fully saturated rings. The first-order valence-corrected chi connectivity index (χ1v) is 9.02. The second kappa shape index (κ2) is 5.54. The van der Waals surface area contributed by atoms with E-state index in [0.717, 1.165) is 34.4 Å². The molecule has 0 aliphatic heterocycles. The van der Waals surface area contributed by atoms with Crippen molar-refractivity contribution >= 4 is 11.6 Å². The molecule has 3 heteroatoms. The first kappa shape index (κ1) is 15.0. The number of nitrogens with one attached hydrogen (secondary N) is 1. The van der Waals surface area contributed by atoms with Crippen LogP contribution in [0.2, 0.25) is 0 Å². The highest BCUT2D eigenvalue weighted by atomic mass is 16.5. The number of hydrogen-bond acceptors (Lipinski definition) is 2. The summed E-state index contributed by atoms with van der Waals surface area (Å²) in [6, 6.07) is 4.04.